The number of amides is 1. The maximum Gasteiger partial charge on any atom is 0.241 e. The third-order valence-corrected chi connectivity index (χ3v) is 5.45. The van der Waals surface area contributed by atoms with E-state index in [-0.39, 0.29) is 16.7 Å². The van der Waals surface area contributed by atoms with Gasteiger partial charge in [-0.1, -0.05) is 25.4 Å². The quantitative estimate of drug-likeness (QED) is 0.774. The molecule has 21 heavy (non-hydrogen) atoms. The van der Waals surface area contributed by atoms with Crippen LogP contribution in [-0.2, 0) is 14.8 Å². The van der Waals surface area contributed by atoms with Crippen LogP contribution in [0, 0.1) is 5.92 Å². The van der Waals surface area contributed by atoms with Gasteiger partial charge in [0.05, 0.1) is 9.92 Å². The number of benzene rings is 1. The largest absolute Gasteiger partial charge is 0.358 e. The number of carbonyl (C=O) groups is 1. The monoisotopic (exact) mass is 396 g/mol. The van der Waals surface area contributed by atoms with Gasteiger partial charge < -0.3 is 5.32 Å². The molecule has 0 fully saturated rings. The van der Waals surface area contributed by atoms with Crippen LogP contribution in [0.25, 0.3) is 0 Å². The lowest BCUT2D eigenvalue weighted by Crippen LogP contribution is -2.46. The second-order valence-electron chi connectivity index (χ2n) is 4.99. The number of sulfonamides is 1. The molecule has 2 N–H and O–H groups in total. The van der Waals surface area contributed by atoms with Crippen molar-refractivity contribution in [3.05, 3.63) is 27.7 Å². The van der Waals surface area contributed by atoms with Crippen molar-refractivity contribution in [2.24, 2.45) is 5.92 Å². The Morgan fingerprint density at radius 1 is 1.38 bits per heavy atom. The molecule has 0 saturated carbocycles. The van der Waals surface area contributed by atoms with Gasteiger partial charge in [0.1, 0.15) is 6.04 Å². The lowest BCUT2D eigenvalue weighted by molar-refractivity contribution is -0.122. The topological polar surface area (TPSA) is 75.3 Å². The van der Waals surface area contributed by atoms with Gasteiger partial charge in [-0.15, -0.1) is 0 Å². The Bertz CT molecular complexity index is 620. The molecule has 1 aromatic carbocycles. The number of rotatable bonds is 6. The molecule has 0 aliphatic heterocycles. The molecule has 0 aliphatic carbocycles. The zero-order chi connectivity index (χ0) is 16.2. The highest BCUT2D eigenvalue weighted by atomic mass is 79.9. The Morgan fingerprint density at radius 2 is 2.00 bits per heavy atom. The molecule has 8 heteroatoms. The van der Waals surface area contributed by atoms with Gasteiger partial charge in [0, 0.05) is 11.5 Å². The first kappa shape index (κ1) is 18.4. The number of carbonyl (C=O) groups excluding carboxylic acids is 1. The molecule has 1 atom stereocenters. The summed E-state index contributed by atoms with van der Waals surface area (Å²) in [5.41, 5.74) is 0. The van der Waals surface area contributed by atoms with Crippen molar-refractivity contribution in [2.75, 3.05) is 7.05 Å². The maximum absolute atomic E-state index is 12.4. The number of likely N-dealkylation sites (N-methyl/N-ethyl adjacent to an activating group) is 1. The van der Waals surface area contributed by atoms with Crippen LogP contribution in [0.4, 0.5) is 0 Å². The minimum atomic E-state index is -3.80. The van der Waals surface area contributed by atoms with Crippen molar-refractivity contribution in [3.63, 3.8) is 0 Å². The minimum Gasteiger partial charge on any atom is -0.358 e. The fraction of sp³-hybridized carbons (Fsp3) is 0.462. The molecule has 5 nitrogen and oxygen atoms in total. The number of nitrogens with one attached hydrogen (secondary N) is 2. The van der Waals surface area contributed by atoms with Crippen molar-refractivity contribution >= 4 is 43.5 Å². The Hall–Kier alpha value is -0.630. The van der Waals surface area contributed by atoms with Gasteiger partial charge >= 0.3 is 0 Å². The van der Waals surface area contributed by atoms with E-state index in [0.717, 1.165) is 0 Å². The molecule has 118 valence electrons. The van der Waals surface area contributed by atoms with Crippen molar-refractivity contribution in [1.29, 1.82) is 0 Å². The standard InChI is InChI=1S/C13H18BrClN2O3S/c1-8(2)6-12(13(18)16-3)17-21(19,20)9-4-5-11(15)10(14)7-9/h4-5,7-8,12,17H,6H2,1-3H3,(H,16,18). The van der Waals surface area contributed by atoms with Crippen LogP contribution in [0.5, 0.6) is 0 Å². The highest BCUT2D eigenvalue weighted by molar-refractivity contribution is 9.10. The first-order valence-corrected chi connectivity index (χ1v) is 9.01. The van der Waals surface area contributed by atoms with E-state index in [1.165, 1.54) is 25.2 Å². The molecule has 0 aliphatic rings. The average molecular weight is 398 g/mol. The van der Waals surface area contributed by atoms with E-state index in [1.807, 2.05) is 13.8 Å². The van der Waals surface area contributed by atoms with Crippen LogP contribution in [0.1, 0.15) is 20.3 Å². The van der Waals surface area contributed by atoms with E-state index in [4.69, 9.17) is 11.6 Å². The molecule has 1 unspecified atom stereocenters. The molecule has 0 bridgehead atoms. The predicted molar refractivity (Wildman–Crippen MR) is 86.8 cm³/mol. The number of hydrogen-bond donors (Lipinski definition) is 2. The van der Waals surface area contributed by atoms with E-state index in [9.17, 15) is 13.2 Å². The molecule has 0 radical (unpaired) electrons. The molecule has 0 heterocycles. The first-order valence-electron chi connectivity index (χ1n) is 6.36. The summed E-state index contributed by atoms with van der Waals surface area (Å²) in [5, 5.41) is 2.88. The van der Waals surface area contributed by atoms with E-state index in [2.05, 4.69) is 26.0 Å². The second-order valence-corrected chi connectivity index (χ2v) is 7.97. The van der Waals surface area contributed by atoms with Crippen molar-refractivity contribution in [3.8, 4) is 0 Å². The van der Waals surface area contributed by atoms with Crippen molar-refractivity contribution < 1.29 is 13.2 Å². The molecule has 1 amide bonds. The van der Waals surface area contributed by atoms with Gasteiger partial charge in [-0.3, -0.25) is 4.79 Å². The van der Waals surface area contributed by atoms with Crippen LogP contribution in [0.3, 0.4) is 0 Å². The summed E-state index contributed by atoms with van der Waals surface area (Å²) in [6.45, 7) is 3.84. The lowest BCUT2D eigenvalue weighted by Gasteiger charge is -2.19. The van der Waals surface area contributed by atoms with Gasteiger partial charge in [0.25, 0.3) is 0 Å². The summed E-state index contributed by atoms with van der Waals surface area (Å²) in [6.07, 6.45) is 0.410. The number of halogens is 2. The molecule has 0 aromatic heterocycles. The molecule has 0 spiro atoms. The van der Waals surface area contributed by atoms with Crippen LogP contribution < -0.4 is 10.0 Å². The van der Waals surface area contributed by atoms with Crippen LogP contribution in [0.15, 0.2) is 27.6 Å². The van der Waals surface area contributed by atoms with Crippen LogP contribution in [0.2, 0.25) is 5.02 Å². The summed E-state index contributed by atoms with van der Waals surface area (Å²) in [6, 6.07) is 3.47. The fourth-order valence-electron chi connectivity index (χ4n) is 1.75. The van der Waals surface area contributed by atoms with E-state index in [0.29, 0.717) is 15.9 Å². The van der Waals surface area contributed by atoms with Gasteiger partial charge in [-0.25, -0.2) is 8.42 Å². The van der Waals surface area contributed by atoms with Crippen LogP contribution >= 0.6 is 27.5 Å². The third kappa shape index (κ3) is 5.25. The van der Waals surface area contributed by atoms with Gasteiger partial charge in [0.2, 0.25) is 15.9 Å². The van der Waals surface area contributed by atoms with E-state index >= 15 is 0 Å². The summed E-state index contributed by atoms with van der Waals surface area (Å²) in [5.74, 6) is -0.188. The van der Waals surface area contributed by atoms with Crippen molar-refractivity contribution in [1.82, 2.24) is 10.0 Å². The molecular formula is C13H18BrClN2O3S. The Morgan fingerprint density at radius 3 is 2.48 bits per heavy atom. The minimum absolute atomic E-state index is 0.0523. The normalized spacial score (nSPS) is 13.2. The predicted octanol–water partition coefficient (Wildman–Crippen LogP) is 2.54. The summed E-state index contributed by atoms with van der Waals surface area (Å²) >= 11 is 9.04. The fourth-order valence-corrected chi connectivity index (χ4v) is 3.64. The first-order chi connectivity index (χ1) is 9.67. The smallest absolute Gasteiger partial charge is 0.241 e. The van der Waals surface area contributed by atoms with Gasteiger partial charge in [0.15, 0.2) is 0 Å². The van der Waals surface area contributed by atoms with Gasteiger partial charge in [-0.2, -0.15) is 4.72 Å². The van der Waals surface area contributed by atoms with Crippen molar-refractivity contribution in [2.45, 2.75) is 31.2 Å². The second kappa shape index (κ2) is 7.58. The molecule has 1 rings (SSSR count). The molecule has 1 aromatic rings. The van der Waals surface area contributed by atoms with E-state index in [1.54, 1.807) is 0 Å². The zero-order valence-electron chi connectivity index (χ0n) is 12.0. The summed E-state index contributed by atoms with van der Waals surface area (Å²) in [7, 11) is -2.32. The van der Waals surface area contributed by atoms with Crippen LogP contribution in [-0.4, -0.2) is 27.4 Å². The SMILES string of the molecule is CNC(=O)C(CC(C)C)NS(=O)(=O)c1ccc(Cl)c(Br)c1. The maximum atomic E-state index is 12.4. The highest BCUT2D eigenvalue weighted by Crippen LogP contribution is 2.25. The highest BCUT2D eigenvalue weighted by Gasteiger charge is 2.26. The Balaban J connectivity index is 3.05. The third-order valence-electron chi connectivity index (χ3n) is 2.77. The van der Waals surface area contributed by atoms with E-state index < -0.39 is 16.1 Å². The summed E-state index contributed by atoms with van der Waals surface area (Å²) in [4.78, 5) is 11.9. The lowest BCUT2D eigenvalue weighted by atomic mass is 10.0. The number of hydrogen-bond acceptors (Lipinski definition) is 3. The zero-order valence-corrected chi connectivity index (χ0v) is 15.1. The molecular weight excluding hydrogens is 380 g/mol. The summed E-state index contributed by atoms with van der Waals surface area (Å²) < 4.78 is 27.6. The molecule has 0 saturated heterocycles. The average Bonchev–Trinajstić information content (AvgIpc) is 2.39. The Kier molecular flexibility index (Phi) is 6.65. The Labute approximate surface area is 138 Å². The van der Waals surface area contributed by atoms with Gasteiger partial charge in [-0.05, 0) is 46.5 Å².